The summed E-state index contributed by atoms with van der Waals surface area (Å²) in [6, 6.07) is 7.88. The van der Waals surface area contributed by atoms with Crippen LogP contribution in [0.1, 0.15) is 25.3 Å². The van der Waals surface area contributed by atoms with E-state index in [0.29, 0.717) is 12.5 Å². The molecule has 3 rings (SSSR count). The Hall–Kier alpha value is -1.36. The lowest BCUT2D eigenvalue weighted by Gasteiger charge is -2.44. The predicted octanol–water partition coefficient (Wildman–Crippen LogP) is 2.08. The molecule has 1 saturated carbocycles. The van der Waals surface area contributed by atoms with E-state index < -0.39 is 5.54 Å². The number of carbonyl (C=O) groups excluding carboxylic acids is 2. The Bertz CT molecular complexity index is 571. The van der Waals surface area contributed by atoms with E-state index in [-0.39, 0.29) is 18.4 Å². The number of carbonyl (C=O) groups is 2. The number of nitrogens with one attached hydrogen (secondary N) is 1. The predicted molar refractivity (Wildman–Crippen MR) is 78.8 cm³/mol. The lowest BCUT2D eigenvalue weighted by molar-refractivity contribution is -0.155. The summed E-state index contributed by atoms with van der Waals surface area (Å²) in [5, 5.41) is 2.73. The van der Waals surface area contributed by atoms with Crippen molar-refractivity contribution in [3.05, 3.63) is 34.3 Å². The van der Waals surface area contributed by atoms with Crippen molar-refractivity contribution in [1.29, 1.82) is 0 Å². The van der Waals surface area contributed by atoms with E-state index in [1.807, 2.05) is 31.2 Å². The van der Waals surface area contributed by atoms with Gasteiger partial charge in [0.1, 0.15) is 5.54 Å². The van der Waals surface area contributed by atoms with Crippen LogP contribution in [0.15, 0.2) is 28.7 Å². The number of piperazine rings is 1. The highest BCUT2D eigenvalue weighted by atomic mass is 79.9. The van der Waals surface area contributed by atoms with Crippen molar-refractivity contribution < 1.29 is 9.59 Å². The fraction of sp³-hybridized carbons (Fsp3) is 0.467. The summed E-state index contributed by atoms with van der Waals surface area (Å²) >= 11 is 3.44. The minimum atomic E-state index is -0.697. The molecule has 0 spiro atoms. The van der Waals surface area contributed by atoms with Crippen LogP contribution in [0.2, 0.25) is 0 Å². The fourth-order valence-corrected chi connectivity index (χ4v) is 3.38. The standard InChI is InChI=1S/C15H17BrN2O2/c1-15(11-5-6-11)14(20)17-8-13(19)18(15)9-10-3-2-4-12(16)7-10/h2-4,7,11H,5-6,8-9H2,1H3,(H,17,20). The SMILES string of the molecule is CC1(C2CC2)C(=O)NCC(=O)N1Cc1cccc(Br)c1. The van der Waals surface area contributed by atoms with Crippen LogP contribution in [-0.2, 0) is 16.1 Å². The molecule has 1 heterocycles. The van der Waals surface area contributed by atoms with Gasteiger partial charge in [-0.2, -0.15) is 0 Å². The summed E-state index contributed by atoms with van der Waals surface area (Å²) < 4.78 is 0.983. The van der Waals surface area contributed by atoms with E-state index in [1.54, 1.807) is 4.90 Å². The minimum absolute atomic E-state index is 0.000949. The maximum atomic E-state index is 12.3. The first-order valence-electron chi connectivity index (χ1n) is 6.85. The topological polar surface area (TPSA) is 49.4 Å². The third-order valence-electron chi connectivity index (χ3n) is 4.32. The van der Waals surface area contributed by atoms with Crippen LogP contribution in [0.5, 0.6) is 0 Å². The first-order valence-corrected chi connectivity index (χ1v) is 7.64. The molecule has 106 valence electrons. The van der Waals surface area contributed by atoms with Gasteiger partial charge in [0.2, 0.25) is 11.8 Å². The highest BCUT2D eigenvalue weighted by molar-refractivity contribution is 9.10. The normalized spacial score (nSPS) is 26.6. The van der Waals surface area contributed by atoms with Crippen LogP contribution < -0.4 is 5.32 Å². The first kappa shape index (κ1) is 13.6. The van der Waals surface area contributed by atoms with E-state index in [0.717, 1.165) is 22.9 Å². The number of rotatable bonds is 3. The monoisotopic (exact) mass is 336 g/mol. The summed E-state index contributed by atoms with van der Waals surface area (Å²) in [4.78, 5) is 26.3. The molecule has 0 bridgehead atoms. The summed E-state index contributed by atoms with van der Waals surface area (Å²) in [6.07, 6.45) is 2.04. The zero-order chi connectivity index (χ0) is 14.3. The third kappa shape index (κ3) is 2.24. The van der Waals surface area contributed by atoms with Crippen molar-refractivity contribution in [1.82, 2.24) is 10.2 Å². The van der Waals surface area contributed by atoms with E-state index in [9.17, 15) is 9.59 Å². The summed E-state index contributed by atoms with van der Waals surface area (Å²) in [5.74, 6) is 0.271. The van der Waals surface area contributed by atoms with Gasteiger partial charge in [-0.25, -0.2) is 0 Å². The number of halogens is 1. The van der Waals surface area contributed by atoms with E-state index >= 15 is 0 Å². The largest absolute Gasteiger partial charge is 0.345 e. The molecule has 1 N–H and O–H groups in total. The molecule has 2 amide bonds. The molecule has 5 heteroatoms. The van der Waals surface area contributed by atoms with Gasteiger partial charge in [-0.3, -0.25) is 9.59 Å². The third-order valence-corrected chi connectivity index (χ3v) is 4.82. The van der Waals surface area contributed by atoms with Crippen molar-refractivity contribution in [2.45, 2.75) is 31.8 Å². The Balaban J connectivity index is 1.91. The Morgan fingerprint density at radius 1 is 1.40 bits per heavy atom. The summed E-state index contributed by atoms with van der Waals surface area (Å²) in [6.45, 7) is 2.49. The lowest BCUT2D eigenvalue weighted by Crippen LogP contribution is -2.66. The van der Waals surface area contributed by atoms with Crippen LogP contribution in [0.25, 0.3) is 0 Å². The van der Waals surface area contributed by atoms with Crippen molar-refractivity contribution in [3.63, 3.8) is 0 Å². The van der Waals surface area contributed by atoms with E-state index in [2.05, 4.69) is 21.2 Å². The maximum absolute atomic E-state index is 12.3. The maximum Gasteiger partial charge on any atom is 0.246 e. The van der Waals surface area contributed by atoms with Gasteiger partial charge in [0.25, 0.3) is 0 Å². The number of hydrogen-bond donors (Lipinski definition) is 1. The zero-order valence-electron chi connectivity index (χ0n) is 11.4. The highest BCUT2D eigenvalue weighted by Gasteiger charge is 2.54. The van der Waals surface area contributed by atoms with Gasteiger partial charge in [-0.05, 0) is 43.4 Å². The molecular formula is C15H17BrN2O2. The minimum Gasteiger partial charge on any atom is -0.345 e. The van der Waals surface area contributed by atoms with Crippen molar-refractivity contribution in [2.75, 3.05) is 6.54 Å². The van der Waals surface area contributed by atoms with Crippen LogP contribution in [0.3, 0.4) is 0 Å². The Labute approximate surface area is 126 Å². The summed E-state index contributed by atoms with van der Waals surface area (Å²) in [5.41, 5.74) is 0.340. The van der Waals surface area contributed by atoms with Crippen molar-refractivity contribution >= 4 is 27.7 Å². The van der Waals surface area contributed by atoms with Crippen molar-refractivity contribution in [2.24, 2.45) is 5.92 Å². The lowest BCUT2D eigenvalue weighted by atomic mass is 9.89. The molecular weight excluding hydrogens is 320 g/mol. The molecule has 1 unspecified atom stereocenters. The fourth-order valence-electron chi connectivity index (χ4n) is 2.93. The molecule has 1 aliphatic carbocycles. The molecule has 2 fully saturated rings. The Kier molecular flexibility index (Phi) is 3.32. The summed E-state index contributed by atoms with van der Waals surface area (Å²) in [7, 11) is 0. The van der Waals surface area contributed by atoms with Gasteiger partial charge in [0.05, 0.1) is 6.54 Å². The zero-order valence-corrected chi connectivity index (χ0v) is 12.9. The van der Waals surface area contributed by atoms with Gasteiger partial charge in [-0.15, -0.1) is 0 Å². The average Bonchev–Trinajstić information content (AvgIpc) is 3.24. The first-order chi connectivity index (χ1) is 9.51. The van der Waals surface area contributed by atoms with Crippen molar-refractivity contribution in [3.8, 4) is 0 Å². The number of nitrogens with zero attached hydrogens (tertiary/aromatic N) is 1. The van der Waals surface area contributed by atoms with Gasteiger partial charge in [0.15, 0.2) is 0 Å². The second-order valence-electron chi connectivity index (χ2n) is 5.71. The number of amides is 2. The molecule has 1 aromatic carbocycles. The molecule has 4 nitrogen and oxygen atoms in total. The second kappa shape index (κ2) is 4.88. The van der Waals surface area contributed by atoms with Crippen LogP contribution in [0, 0.1) is 5.92 Å². The molecule has 1 saturated heterocycles. The van der Waals surface area contributed by atoms with E-state index in [4.69, 9.17) is 0 Å². The van der Waals surface area contributed by atoms with Gasteiger partial charge < -0.3 is 10.2 Å². The Morgan fingerprint density at radius 3 is 2.80 bits per heavy atom. The smallest absolute Gasteiger partial charge is 0.246 e. The van der Waals surface area contributed by atoms with E-state index in [1.165, 1.54) is 0 Å². The highest BCUT2D eigenvalue weighted by Crippen LogP contribution is 2.44. The molecule has 1 aliphatic heterocycles. The van der Waals surface area contributed by atoms with Crippen LogP contribution in [0.4, 0.5) is 0 Å². The van der Waals surface area contributed by atoms with Gasteiger partial charge in [-0.1, -0.05) is 28.1 Å². The average molecular weight is 337 g/mol. The molecule has 0 aromatic heterocycles. The number of hydrogen-bond acceptors (Lipinski definition) is 2. The quantitative estimate of drug-likeness (QED) is 0.918. The Morgan fingerprint density at radius 2 is 2.15 bits per heavy atom. The molecule has 20 heavy (non-hydrogen) atoms. The molecule has 1 aromatic rings. The molecule has 1 atom stereocenters. The molecule has 0 radical (unpaired) electrons. The van der Waals surface area contributed by atoms with Crippen LogP contribution in [-0.4, -0.2) is 28.8 Å². The van der Waals surface area contributed by atoms with Gasteiger partial charge >= 0.3 is 0 Å². The number of benzene rings is 1. The second-order valence-corrected chi connectivity index (χ2v) is 6.63. The van der Waals surface area contributed by atoms with Crippen LogP contribution >= 0.6 is 15.9 Å². The molecule has 2 aliphatic rings. The van der Waals surface area contributed by atoms with Gasteiger partial charge in [0, 0.05) is 11.0 Å².